The fourth-order valence-electron chi connectivity index (χ4n) is 6.62. The number of aromatic nitrogens is 6. The minimum atomic E-state index is -0.0693. The Bertz CT molecular complexity index is 1540. The summed E-state index contributed by atoms with van der Waals surface area (Å²) >= 11 is 0. The number of anilines is 2. The number of amides is 1. The first-order valence-electron chi connectivity index (χ1n) is 15.1. The van der Waals surface area contributed by atoms with E-state index in [4.69, 9.17) is 20.7 Å². The zero-order valence-corrected chi connectivity index (χ0v) is 25.8. The summed E-state index contributed by atoms with van der Waals surface area (Å²) in [6, 6.07) is 8.87. The Kier molecular flexibility index (Phi) is 9.83. The Morgan fingerprint density at radius 2 is 1.51 bits per heavy atom. The van der Waals surface area contributed by atoms with Gasteiger partial charge in [0.05, 0.1) is 23.6 Å². The number of para-hydroxylation sites is 2. The molecule has 0 bridgehead atoms. The van der Waals surface area contributed by atoms with E-state index in [0.717, 1.165) is 79.4 Å². The maximum absolute atomic E-state index is 13.2. The van der Waals surface area contributed by atoms with E-state index in [2.05, 4.69) is 25.2 Å². The van der Waals surface area contributed by atoms with Gasteiger partial charge in [-0.15, -0.1) is 24.8 Å². The van der Waals surface area contributed by atoms with Gasteiger partial charge < -0.3 is 25.8 Å². The van der Waals surface area contributed by atoms with Crippen LogP contribution in [-0.4, -0.2) is 71.5 Å². The molecule has 7 rings (SSSR count). The number of likely N-dealkylation sites (tertiary alicyclic amines) is 1. The fourth-order valence-corrected chi connectivity index (χ4v) is 6.62. The second-order valence-electron chi connectivity index (χ2n) is 11.9. The molecule has 4 heterocycles. The number of imidazole rings is 1. The molecule has 1 aromatic carbocycles. The number of carbonyl (C=O) groups excluding carboxylic acids is 1. The van der Waals surface area contributed by atoms with Crippen LogP contribution in [0.4, 0.5) is 11.8 Å². The summed E-state index contributed by atoms with van der Waals surface area (Å²) in [5.41, 5.74) is 9.77. The van der Waals surface area contributed by atoms with E-state index in [-0.39, 0.29) is 36.8 Å². The Morgan fingerprint density at radius 3 is 2.26 bits per heavy atom. The van der Waals surface area contributed by atoms with Crippen LogP contribution in [0.3, 0.4) is 0 Å². The van der Waals surface area contributed by atoms with Crippen LogP contribution in [0.5, 0.6) is 0 Å². The van der Waals surface area contributed by atoms with Crippen LogP contribution >= 0.6 is 24.8 Å². The predicted octanol–water partition coefficient (Wildman–Crippen LogP) is 5.13. The Morgan fingerprint density at radius 1 is 0.814 bits per heavy atom. The summed E-state index contributed by atoms with van der Waals surface area (Å²) in [6.07, 6.45) is 14.1. The summed E-state index contributed by atoms with van der Waals surface area (Å²) in [5, 5.41) is 7.29. The van der Waals surface area contributed by atoms with E-state index in [1.165, 1.54) is 12.8 Å². The van der Waals surface area contributed by atoms with E-state index in [1.807, 2.05) is 35.5 Å². The van der Waals surface area contributed by atoms with Crippen LogP contribution in [0.15, 0.2) is 36.8 Å². The van der Waals surface area contributed by atoms with Crippen molar-refractivity contribution >= 4 is 64.7 Å². The summed E-state index contributed by atoms with van der Waals surface area (Å²) in [4.78, 5) is 38.8. The van der Waals surface area contributed by atoms with Crippen molar-refractivity contribution in [2.24, 2.45) is 5.73 Å². The number of fused-ring (bicyclic) bond motifs is 2. The van der Waals surface area contributed by atoms with Crippen LogP contribution in [0.2, 0.25) is 0 Å². The molecule has 43 heavy (non-hydrogen) atoms. The van der Waals surface area contributed by atoms with Crippen LogP contribution < -0.4 is 16.4 Å². The topological polar surface area (TPSA) is 140 Å². The number of benzene rings is 1. The smallest absolute Gasteiger partial charge is 0.274 e. The van der Waals surface area contributed by atoms with Gasteiger partial charge in [0.1, 0.15) is 5.69 Å². The summed E-state index contributed by atoms with van der Waals surface area (Å²) < 4.78 is 2.25. The molecule has 3 aromatic heterocycles. The number of hydrogen-bond acceptors (Lipinski definition) is 9. The Balaban J connectivity index is 0.00000184. The van der Waals surface area contributed by atoms with Gasteiger partial charge in [-0.3, -0.25) is 9.78 Å². The van der Waals surface area contributed by atoms with Gasteiger partial charge in [-0.2, -0.15) is 9.97 Å². The maximum atomic E-state index is 13.2. The third kappa shape index (κ3) is 6.63. The third-order valence-electron chi connectivity index (χ3n) is 9.04. The lowest BCUT2D eigenvalue weighted by molar-refractivity contribution is 0.0712. The van der Waals surface area contributed by atoms with Crippen LogP contribution in [-0.2, 0) is 0 Å². The summed E-state index contributed by atoms with van der Waals surface area (Å²) in [5.74, 6) is 1.36. The van der Waals surface area contributed by atoms with Crippen LogP contribution in [0.25, 0.3) is 22.2 Å². The van der Waals surface area contributed by atoms with Crippen molar-refractivity contribution in [3.05, 3.63) is 42.5 Å². The maximum Gasteiger partial charge on any atom is 0.274 e. The third-order valence-corrected chi connectivity index (χ3v) is 9.04. The fraction of sp³-hybridized carbons (Fsp3) is 0.533. The van der Waals surface area contributed by atoms with Crippen molar-refractivity contribution < 1.29 is 4.79 Å². The van der Waals surface area contributed by atoms with E-state index >= 15 is 0 Å². The van der Waals surface area contributed by atoms with E-state index in [9.17, 15) is 4.79 Å². The molecule has 2 saturated carbocycles. The molecule has 0 radical (unpaired) electrons. The number of carbonyl (C=O) groups is 1. The van der Waals surface area contributed by atoms with Crippen LogP contribution in [0.1, 0.15) is 80.7 Å². The van der Waals surface area contributed by atoms with Gasteiger partial charge in [0.15, 0.2) is 17.0 Å². The predicted molar refractivity (Wildman–Crippen MR) is 173 cm³/mol. The van der Waals surface area contributed by atoms with Gasteiger partial charge in [-0.05, 0) is 63.5 Å². The molecule has 230 valence electrons. The van der Waals surface area contributed by atoms with Crippen molar-refractivity contribution in [3.8, 4) is 0 Å². The average molecular weight is 628 g/mol. The second-order valence-corrected chi connectivity index (χ2v) is 11.9. The monoisotopic (exact) mass is 626 g/mol. The first-order valence-corrected chi connectivity index (χ1v) is 15.1. The number of rotatable bonds is 6. The molecular weight excluding hydrogens is 587 g/mol. The molecule has 3 aliphatic rings. The normalized spacial score (nSPS) is 21.4. The van der Waals surface area contributed by atoms with Crippen molar-refractivity contribution in [3.63, 3.8) is 0 Å². The molecule has 2 aliphatic carbocycles. The number of nitrogens with two attached hydrogens (primary N) is 1. The largest absolute Gasteiger partial charge is 0.365 e. The molecule has 4 aromatic rings. The van der Waals surface area contributed by atoms with Gasteiger partial charge in [0.25, 0.3) is 5.91 Å². The number of hydrogen-bond donors (Lipinski definition) is 3. The molecule has 1 saturated heterocycles. The average Bonchev–Trinajstić information content (AvgIpc) is 3.69. The zero-order valence-electron chi connectivity index (χ0n) is 24.2. The molecule has 1 aliphatic heterocycles. The molecule has 3 fully saturated rings. The van der Waals surface area contributed by atoms with E-state index in [0.29, 0.717) is 42.9 Å². The highest BCUT2D eigenvalue weighted by Gasteiger charge is 2.28. The lowest BCUT2D eigenvalue weighted by Gasteiger charge is -2.32. The number of nitrogens with one attached hydrogen (secondary N) is 2. The van der Waals surface area contributed by atoms with Crippen molar-refractivity contribution in [1.82, 2.24) is 34.4 Å². The van der Waals surface area contributed by atoms with E-state index in [1.54, 1.807) is 6.20 Å². The molecular formula is C30H40Cl2N10O. The SMILES string of the molecule is Cl.Cl.NC1CCC(Nc2nc(NC3CCN(C(=O)c4cnc5ccccc5n4)CC3)c3ncn(C4CCCC4)c3n2)CC1. The summed E-state index contributed by atoms with van der Waals surface area (Å²) in [7, 11) is 0. The van der Waals surface area contributed by atoms with Gasteiger partial charge in [-0.1, -0.05) is 25.0 Å². The highest BCUT2D eigenvalue weighted by atomic mass is 35.5. The zero-order chi connectivity index (χ0) is 27.8. The number of piperidine rings is 1. The van der Waals surface area contributed by atoms with Gasteiger partial charge in [0, 0.05) is 37.3 Å². The van der Waals surface area contributed by atoms with Crippen molar-refractivity contribution in [1.29, 1.82) is 0 Å². The van der Waals surface area contributed by atoms with E-state index < -0.39 is 0 Å². The lowest BCUT2D eigenvalue weighted by Crippen LogP contribution is -2.42. The second kappa shape index (κ2) is 13.6. The standard InChI is InChI=1S/C30H38N10O.2ClH/c31-19-9-11-20(12-10-19)35-30-37-27(26-28(38-30)40(18-33-26)22-5-1-2-6-22)34-21-13-15-39(16-14-21)29(41)25-17-32-23-7-3-4-8-24(23)36-25;;/h3-4,7-8,17-22H,1-2,5-6,9-16,31H2,(H2,34,35,37,38);2*1H. The first-order chi connectivity index (χ1) is 20.1. The summed E-state index contributed by atoms with van der Waals surface area (Å²) in [6.45, 7) is 1.28. The minimum Gasteiger partial charge on any atom is -0.365 e. The molecule has 11 nitrogen and oxygen atoms in total. The lowest BCUT2D eigenvalue weighted by atomic mass is 9.92. The highest BCUT2D eigenvalue weighted by Crippen LogP contribution is 2.34. The van der Waals surface area contributed by atoms with Gasteiger partial charge in [-0.25, -0.2) is 9.97 Å². The van der Waals surface area contributed by atoms with Crippen molar-refractivity contribution in [2.45, 2.75) is 88.4 Å². The Labute approximate surface area is 263 Å². The van der Waals surface area contributed by atoms with Crippen LogP contribution in [0, 0.1) is 0 Å². The molecule has 1 amide bonds. The highest BCUT2D eigenvalue weighted by molar-refractivity contribution is 5.94. The number of halogens is 2. The molecule has 4 N–H and O–H groups in total. The Hall–Kier alpha value is -3.28. The first kappa shape index (κ1) is 31.2. The van der Waals surface area contributed by atoms with Gasteiger partial charge in [0.2, 0.25) is 5.95 Å². The van der Waals surface area contributed by atoms with Gasteiger partial charge >= 0.3 is 0 Å². The molecule has 0 atom stereocenters. The molecule has 0 unspecified atom stereocenters. The molecule has 13 heteroatoms. The number of nitrogens with zero attached hydrogens (tertiary/aromatic N) is 7. The minimum absolute atomic E-state index is 0. The van der Waals surface area contributed by atoms with Crippen molar-refractivity contribution in [2.75, 3.05) is 23.7 Å². The quantitative estimate of drug-likeness (QED) is 0.266. The molecule has 0 spiro atoms.